The minimum Gasteiger partial charge on any atom is -0.379 e. The quantitative estimate of drug-likeness (QED) is 0.862. The normalized spacial score (nSPS) is 22.9. The highest BCUT2D eigenvalue weighted by Gasteiger charge is 2.35. The number of carbonyl (C=O) groups is 2. The lowest BCUT2D eigenvalue weighted by Gasteiger charge is -2.32. The first-order valence-electron chi connectivity index (χ1n) is 8.70. The third-order valence-corrected chi connectivity index (χ3v) is 4.86. The number of hydrogen-bond donors (Lipinski definition) is 1. The maximum absolute atomic E-state index is 13.4. The van der Waals surface area contributed by atoms with E-state index in [9.17, 15) is 14.0 Å². The molecule has 2 heterocycles. The van der Waals surface area contributed by atoms with Crippen LogP contribution in [0.3, 0.4) is 0 Å². The van der Waals surface area contributed by atoms with E-state index in [2.05, 4.69) is 17.1 Å². The molecule has 3 rings (SSSR count). The van der Waals surface area contributed by atoms with Crippen LogP contribution in [0.25, 0.3) is 0 Å². The van der Waals surface area contributed by atoms with Crippen LogP contribution in [0.2, 0.25) is 0 Å². The molecule has 1 aromatic carbocycles. The zero-order valence-electron chi connectivity index (χ0n) is 14.4. The number of amides is 2. The number of ether oxygens (including phenoxy) is 1. The van der Waals surface area contributed by atoms with Crippen molar-refractivity contribution in [3.63, 3.8) is 0 Å². The summed E-state index contributed by atoms with van der Waals surface area (Å²) in [4.78, 5) is 28.4. The van der Waals surface area contributed by atoms with Gasteiger partial charge in [0.25, 0.3) is 0 Å². The van der Waals surface area contributed by atoms with E-state index in [0.717, 1.165) is 26.3 Å². The lowest BCUT2D eigenvalue weighted by atomic mass is 10.1. The van der Waals surface area contributed by atoms with Gasteiger partial charge in [-0.2, -0.15) is 0 Å². The highest BCUT2D eigenvalue weighted by Crippen LogP contribution is 2.25. The lowest BCUT2D eigenvalue weighted by Crippen LogP contribution is -2.48. The molecule has 0 bridgehead atoms. The molecule has 0 spiro atoms. The van der Waals surface area contributed by atoms with E-state index in [4.69, 9.17) is 4.74 Å². The third kappa shape index (κ3) is 4.35. The van der Waals surface area contributed by atoms with Crippen LogP contribution >= 0.6 is 0 Å². The second-order valence-corrected chi connectivity index (χ2v) is 6.63. The van der Waals surface area contributed by atoms with Crippen molar-refractivity contribution < 1.29 is 18.7 Å². The molecule has 2 aliphatic heterocycles. The van der Waals surface area contributed by atoms with E-state index < -0.39 is 11.7 Å². The molecule has 2 amide bonds. The van der Waals surface area contributed by atoms with Crippen LogP contribution in [0.1, 0.15) is 13.3 Å². The van der Waals surface area contributed by atoms with E-state index in [-0.39, 0.29) is 24.3 Å². The molecule has 0 unspecified atom stereocenters. The number of morpholine rings is 1. The summed E-state index contributed by atoms with van der Waals surface area (Å²) >= 11 is 0. The summed E-state index contributed by atoms with van der Waals surface area (Å²) in [6.45, 7) is 6.09. The topological polar surface area (TPSA) is 61.9 Å². The van der Waals surface area contributed by atoms with Crippen LogP contribution in [0.5, 0.6) is 0 Å². The van der Waals surface area contributed by atoms with Crippen molar-refractivity contribution in [1.82, 2.24) is 10.2 Å². The summed E-state index contributed by atoms with van der Waals surface area (Å²) in [6, 6.07) is 6.13. The summed E-state index contributed by atoms with van der Waals surface area (Å²) < 4.78 is 18.7. The monoisotopic (exact) mass is 349 g/mol. The molecule has 25 heavy (non-hydrogen) atoms. The van der Waals surface area contributed by atoms with Crippen molar-refractivity contribution in [1.29, 1.82) is 0 Å². The highest BCUT2D eigenvalue weighted by atomic mass is 19.1. The summed E-state index contributed by atoms with van der Waals surface area (Å²) in [5, 5.41) is 2.95. The molecule has 2 saturated heterocycles. The van der Waals surface area contributed by atoms with Gasteiger partial charge in [-0.15, -0.1) is 0 Å². The fraction of sp³-hybridized carbons (Fsp3) is 0.556. The molecule has 136 valence electrons. The Bertz CT molecular complexity index is 634. The molecule has 7 heteroatoms. The minimum absolute atomic E-state index is 0.118. The Morgan fingerprint density at radius 1 is 1.40 bits per heavy atom. The third-order valence-electron chi connectivity index (χ3n) is 4.86. The van der Waals surface area contributed by atoms with Gasteiger partial charge in [-0.25, -0.2) is 4.39 Å². The Morgan fingerprint density at radius 3 is 2.88 bits per heavy atom. The molecular formula is C18H24FN3O3. The first-order valence-corrected chi connectivity index (χ1v) is 8.70. The van der Waals surface area contributed by atoms with Crippen molar-refractivity contribution in [3.8, 4) is 0 Å². The van der Waals surface area contributed by atoms with E-state index >= 15 is 0 Å². The number of anilines is 1. The SMILES string of the molecule is C[C@H](CNC(=O)[C@@H]1CC(=O)N(c2cccc(F)c2)C1)N1CCOCC1. The molecule has 0 aromatic heterocycles. The molecule has 2 aliphatic rings. The van der Waals surface area contributed by atoms with Gasteiger partial charge in [0, 0.05) is 44.3 Å². The number of halogens is 1. The van der Waals surface area contributed by atoms with Gasteiger partial charge in [-0.05, 0) is 25.1 Å². The largest absolute Gasteiger partial charge is 0.379 e. The Kier molecular flexibility index (Phi) is 5.65. The predicted octanol–water partition coefficient (Wildman–Crippen LogP) is 1.02. The highest BCUT2D eigenvalue weighted by molar-refractivity contribution is 6.00. The molecule has 0 radical (unpaired) electrons. The first-order chi connectivity index (χ1) is 12.0. The Hall–Kier alpha value is -1.99. The number of benzene rings is 1. The van der Waals surface area contributed by atoms with Crippen LogP contribution in [-0.4, -0.2) is 62.1 Å². The van der Waals surface area contributed by atoms with Gasteiger partial charge in [0.15, 0.2) is 0 Å². The second kappa shape index (κ2) is 7.93. The van der Waals surface area contributed by atoms with Crippen molar-refractivity contribution in [2.45, 2.75) is 19.4 Å². The van der Waals surface area contributed by atoms with E-state index in [1.807, 2.05) is 0 Å². The fourth-order valence-corrected chi connectivity index (χ4v) is 3.32. The smallest absolute Gasteiger partial charge is 0.227 e. The van der Waals surface area contributed by atoms with Crippen molar-refractivity contribution in [2.75, 3.05) is 44.3 Å². The standard InChI is InChI=1S/C18H24FN3O3/c1-13(21-5-7-25-8-6-21)11-20-18(24)14-9-17(23)22(12-14)16-4-2-3-15(19)10-16/h2-4,10,13-14H,5-9,11-12H2,1H3,(H,20,24)/t13-,14-/m1/s1. The number of hydrogen-bond acceptors (Lipinski definition) is 4. The maximum Gasteiger partial charge on any atom is 0.227 e. The molecule has 0 aliphatic carbocycles. The Morgan fingerprint density at radius 2 is 2.16 bits per heavy atom. The fourth-order valence-electron chi connectivity index (χ4n) is 3.32. The molecule has 1 aromatic rings. The Balaban J connectivity index is 1.52. The number of nitrogens with zero attached hydrogens (tertiary/aromatic N) is 2. The van der Waals surface area contributed by atoms with Crippen LogP contribution in [-0.2, 0) is 14.3 Å². The summed E-state index contributed by atoms with van der Waals surface area (Å²) in [5.41, 5.74) is 0.502. The van der Waals surface area contributed by atoms with Crippen LogP contribution in [0, 0.1) is 11.7 Å². The maximum atomic E-state index is 13.4. The number of carbonyl (C=O) groups excluding carboxylic acids is 2. The van der Waals surface area contributed by atoms with Gasteiger partial charge in [0.05, 0.1) is 19.1 Å². The zero-order valence-corrected chi connectivity index (χ0v) is 14.4. The van der Waals surface area contributed by atoms with Gasteiger partial charge in [-0.3, -0.25) is 14.5 Å². The zero-order chi connectivity index (χ0) is 17.8. The van der Waals surface area contributed by atoms with Gasteiger partial charge in [-0.1, -0.05) is 6.07 Å². The van der Waals surface area contributed by atoms with Gasteiger partial charge >= 0.3 is 0 Å². The average molecular weight is 349 g/mol. The van der Waals surface area contributed by atoms with Crippen LogP contribution in [0.15, 0.2) is 24.3 Å². The second-order valence-electron chi connectivity index (χ2n) is 6.63. The van der Waals surface area contributed by atoms with Crippen molar-refractivity contribution >= 4 is 17.5 Å². The van der Waals surface area contributed by atoms with Crippen LogP contribution < -0.4 is 10.2 Å². The lowest BCUT2D eigenvalue weighted by molar-refractivity contribution is -0.126. The molecule has 2 fully saturated rings. The van der Waals surface area contributed by atoms with E-state index in [1.165, 1.54) is 17.0 Å². The molecular weight excluding hydrogens is 325 g/mol. The van der Waals surface area contributed by atoms with Crippen LogP contribution in [0.4, 0.5) is 10.1 Å². The predicted molar refractivity (Wildman–Crippen MR) is 91.7 cm³/mol. The van der Waals surface area contributed by atoms with Gasteiger partial charge in [0.2, 0.25) is 11.8 Å². The van der Waals surface area contributed by atoms with Gasteiger partial charge in [0.1, 0.15) is 5.82 Å². The average Bonchev–Trinajstić information content (AvgIpc) is 3.02. The molecule has 6 nitrogen and oxygen atoms in total. The van der Waals surface area contributed by atoms with E-state index in [1.54, 1.807) is 12.1 Å². The van der Waals surface area contributed by atoms with E-state index in [0.29, 0.717) is 18.8 Å². The molecule has 2 atom stereocenters. The summed E-state index contributed by atoms with van der Waals surface area (Å²) in [5.74, 6) is -1.05. The molecule has 0 saturated carbocycles. The number of nitrogens with one attached hydrogen (secondary N) is 1. The molecule has 1 N–H and O–H groups in total. The summed E-state index contributed by atoms with van der Waals surface area (Å²) in [6.07, 6.45) is 0.161. The number of rotatable bonds is 5. The van der Waals surface area contributed by atoms with Crippen molar-refractivity contribution in [3.05, 3.63) is 30.1 Å². The van der Waals surface area contributed by atoms with Gasteiger partial charge < -0.3 is 15.0 Å². The van der Waals surface area contributed by atoms with Crippen molar-refractivity contribution in [2.24, 2.45) is 5.92 Å². The summed E-state index contributed by atoms with van der Waals surface area (Å²) in [7, 11) is 0. The first kappa shape index (κ1) is 17.8. The Labute approximate surface area is 146 Å². The minimum atomic E-state index is -0.396.